The van der Waals surface area contributed by atoms with Gasteiger partial charge in [0.2, 0.25) is 0 Å². The number of hydrogen-bond acceptors (Lipinski definition) is 3. The van der Waals surface area contributed by atoms with Crippen LogP contribution in [0.15, 0.2) is 41.4 Å². The van der Waals surface area contributed by atoms with Crippen LogP contribution < -0.4 is 5.46 Å². The second kappa shape index (κ2) is 4.18. The van der Waals surface area contributed by atoms with E-state index in [4.69, 9.17) is 0 Å². The molecule has 2 aromatic rings. The van der Waals surface area contributed by atoms with E-state index in [-0.39, 0.29) is 0 Å². The third kappa shape index (κ3) is 2.12. The van der Waals surface area contributed by atoms with Gasteiger partial charge in [0, 0.05) is 28.0 Å². The van der Waals surface area contributed by atoms with Gasteiger partial charge in [-0.1, -0.05) is 22.0 Å². The highest BCUT2D eigenvalue weighted by Crippen LogP contribution is 2.13. The molecule has 2 N–H and O–H groups in total. The van der Waals surface area contributed by atoms with Gasteiger partial charge in [-0.25, -0.2) is 4.98 Å². The van der Waals surface area contributed by atoms with Crippen LogP contribution in [0.4, 0.5) is 0 Å². The maximum absolute atomic E-state index is 9.20. The summed E-state index contributed by atoms with van der Waals surface area (Å²) < 4.78 is 2.59. The zero-order valence-electron chi connectivity index (χ0n) is 7.71. The van der Waals surface area contributed by atoms with Crippen molar-refractivity contribution in [2.75, 3.05) is 0 Å². The summed E-state index contributed by atoms with van der Waals surface area (Å²) >= 11 is 3.33. The van der Waals surface area contributed by atoms with Crippen molar-refractivity contribution in [3.63, 3.8) is 0 Å². The van der Waals surface area contributed by atoms with Crippen LogP contribution in [-0.2, 0) is 0 Å². The molecule has 15 heavy (non-hydrogen) atoms. The molecule has 0 amide bonds. The molecule has 76 valence electrons. The highest BCUT2D eigenvalue weighted by Gasteiger charge is 2.16. The summed E-state index contributed by atoms with van der Waals surface area (Å²) in [6.45, 7) is 0. The van der Waals surface area contributed by atoms with Crippen molar-refractivity contribution < 1.29 is 10.0 Å². The smallest absolute Gasteiger partial charge is 0.423 e. The quantitative estimate of drug-likeness (QED) is 0.770. The number of nitrogens with zero attached hydrogens (tertiary/aromatic N) is 2. The standard InChI is InChI=1S/C9H8BBrN2O2/c11-7-1-2-8(10(14)15)9(5-7)13-4-3-12-6-13/h1-6,14-15H. The lowest BCUT2D eigenvalue weighted by Gasteiger charge is -2.09. The van der Waals surface area contributed by atoms with Crippen LogP contribution in [0.2, 0.25) is 0 Å². The molecule has 6 heteroatoms. The van der Waals surface area contributed by atoms with E-state index in [0.29, 0.717) is 11.2 Å². The fourth-order valence-electron chi connectivity index (χ4n) is 1.36. The number of aromatic nitrogens is 2. The molecule has 1 aromatic carbocycles. The molecule has 0 unspecified atom stereocenters. The molecule has 0 aliphatic rings. The van der Waals surface area contributed by atoms with Crippen molar-refractivity contribution in [2.24, 2.45) is 0 Å². The Kier molecular flexibility index (Phi) is 2.90. The Morgan fingerprint density at radius 2 is 2.13 bits per heavy atom. The van der Waals surface area contributed by atoms with Gasteiger partial charge < -0.3 is 14.6 Å². The van der Waals surface area contributed by atoms with Crippen LogP contribution in [0.1, 0.15) is 0 Å². The van der Waals surface area contributed by atoms with Gasteiger partial charge in [-0.2, -0.15) is 0 Å². The number of halogens is 1. The van der Waals surface area contributed by atoms with Crippen LogP contribution in [0.3, 0.4) is 0 Å². The molecule has 1 heterocycles. The summed E-state index contributed by atoms with van der Waals surface area (Å²) in [7, 11) is -1.49. The minimum absolute atomic E-state index is 0.441. The Labute approximate surface area is 95.5 Å². The summed E-state index contributed by atoms with van der Waals surface area (Å²) in [6.07, 6.45) is 4.98. The van der Waals surface area contributed by atoms with E-state index in [2.05, 4.69) is 20.9 Å². The van der Waals surface area contributed by atoms with E-state index in [1.807, 2.05) is 0 Å². The first-order chi connectivity index (χ1) is 7.18. The van der Waals surface area contributed by atoms with Gasteiger partial charge in [-0.05, 0) is 12.1 Å². The van der Waals surface area contributed by atoms with Crippen LogP contribution in [-0.4, -0.2) is 26.7 Å². The van der Waals surface area contributed by atoms with Gasteiger partial charge >= 0.3 is 7.12 Å². The van der Waals surface area contributed by atoms with Crippen molar-refractivity contribution in [2.45, 2.75) is 0 Å². The molecular formula is C9H8BBrN2O2. The van der Waals surface area contributed by atoms with Crippen LogP contribution in [0, 0.1) is 0 Å². The molecule has 0 bridgehead atoms. The first-order valence-electron chi connectivity index (χ1n) is 4.32. The fourth-order valence-corrected chi connectivity index (χ4v) is 1.71. The molecule has 4 nitrogen and oxygen atoms in total. The average molecular weight is 267 g/mol. The van der Waals surface area contributed by atoms with Crippen LogP contribution in [0.25, 0.3) is 5.69 Å². The van der Waals surface area contributed by atoms with E-state index >= 15 is 0 Å². The van der Waals surface area contributed by atoms with Gasteiger partial charge in [-0.15, -0.1) is 0 Å². The van der Waals surface area contributed by atoms with E-state index in [1.165, 1.54) is 0 Å². The zero-order valence-corrected chi connectivity index (χ0v) is 9.29. The highest BCUT2D eigenvalue weighted by molar-refractivity contribution is 9.10. The van der Waals surface area contributed by atoms with Crippen LogP contribution in [0.5, 0.6) is 0 Å². The normalized spacial score (nSPS) is 10.3. The molecule has 0 saturated carbocycles. The lowest BCUT2D eigenvalue weighted by Crippen LogP contribution is -2.33. The Morgan fingerprint density at radius 3 is 2.73 bits per heavy atom. The Morgan fingerprint density at radius 1 is 1.33 bits per heavy atom. The second-order valence-corrected chi connectivity index (χ2v) is 3.96. The van der Waals surface area contributed by atoms with Crippen molar-refractivity contribution in [3.05, 3.63) is 41.4 Å². The Balaban J connectivity index is 2.58. The van der Waals surface area contributed by atoms with E-state index in [0.717, 1.165) is 4.47 Å². The van der Waals surface area contributed by atoms with Gasteiger partial charge in [-0.3, -0.25) is 0 Å². The topological polar surface area (TPSA) is 58.3 Å². The average Bonchev–Trinajstić information content (AvgIpc) is 2.69. The molecule has 0 saturated heterocycles. The predicted molar refractivity (Wildman–Crippen MR) is 61.1 cm³/mol. The molecule has 0 radical (unpaired) electrons. The second-order valence-electron chi connectivity index (χ2n) is 3.05. The molecule has 0 spiro atoms. The number of imidazole rings is 1. The monoisotopic (exact) mass is 266 g/mol. The van der Waals surface area contributed by atoms with Gasteiger partial charge in [0.25, 0.3) is 0 Å². The number of benzene rings is 1. The first-order valence-corrected chi connectivity index (χ1v) is 5.11. The predicted octanol–water partition coefficient (Wildman–Crippen LogP) is 0.315. The van der Waals surface area contributed by atoms with Gasteiger partial charge in [0.05, 0.1) is 6.33 Å². The zero-order chi connectivity index (χ0) is 10.8. The largest absolute Gasteiger partial charge is 0.490 e. The molecule has 1 aromatic heterocycles. The summed E-state index contributed by atoms with van der Waals surface area (Å²) in [6, 6.07) is 5.22. The first kappa shape index (κ1) is 10.4. The SMILES string of the molecule is OB(O)c1ccc(Br)cc1-n1ccnc1. The van der Waals surface area contributed by atoms with E-state index in [1.54, 1.807) is 41.5 Å². The molecule has 0 atom stereocenters. The van der Waals surface area contributed by atoms with Crippen molar-refractivity contribution in [1.29, 1.82) is 0 Å². The molecule has 0 aliphatic heterocycles. The maximum Gasteiger partial charge on any atom is 0.490 e. The lowest BCUT2D eigenvalue weighted by molar-refractivity contribution is 0.425. The lowest BCUT2D eigenvalue weighted by atomic mass is 9.79. The van der Waals surface area contributed by atoms with Gasteiger partial charge in [0.15, 0.2) is 0 Å². The summed E-state index contributed by atoms with van der Waals surface area (Å²) in [5, 5.41) is 18.4. The van der Waals surface area contributed by atoms with Crippen LogP contribution >= 0.6 is 15.9 Å². The Bertz CT molecular complexity index is 459. The number of hydrogen-bond donors (Lipinski definition) is 2. The highest BCUT2D eigenvalue weighted by atomic mass is 79.9. The summed E-state index contributed by atoms with van der Waals surface area (Å²) in [5.74, 6) is 0. The minimum Gasteiger partial charge on any atom is -0.423 e. The van der Waals surface area contributed by atoms with Crippen molar-refractivity contribution >= 4 is 28.5 Å². The van der Waals surface area contributed by atoms with E-state index < -0.39 is 7.12 Å². The summed E-state index contributed by atoms with van der Waals surface area (Å²) in [5.41, 5.74) is 1.13. The fraction of sp³-hybridized carbons (Fsp3) is 0. The van der Waals surface area contributed by atoms with Crippen molar-refractivity contribution in [3.8, 4) is 5.69 Å². The third-order valence-electron chi connectivity index (χ3n) is 2.05. The minimum atomic E-state index is -1.49. The summed E-state index contributed by atoms with van der Waals surface area (Å²) in [4.78, 5) is 3.91. The molecule has 0 fully saturated rings. The molecular weight excluding hydrogens is 259 g/mol. The van der Waals surface area contributed by atoms with E-state index in [9.17, 15) is 10.0 Å². The van der Waals surface area contributed by atoms with Gasteiger partial charge in [0.1, 0.15) is 0 Å². The maximum atomic E-state index is 9.20. The van der Waals surface area contributed by atoms with Crippen molar-refractivity contribution in [1.82, 2.24) is 9.55 Å². The Hall–Kier alpha value is -1.11. The number of rotatable bonds is 2. The molecule has 2 rings (SSSR count). The molecule has 0 aliphatic carbocycles. The third-order valence-corrected chi connectivity index (χ3v) is 2.55.